The third-order valence-electron chi connectivity index (χ3n) is 1.46. The van der Waals surface area contributed by atoms with Crippen molar-refractivity contribution in [2.45, 2.75) is 52.4 Å². The van der Waals surface area contributed by atoms with Crippen LogP contribution in [-0.4, -0.2) is 0 Å². The Balaban J connectivity index is 0. The summed E-state index contributed by atoms with van der Waals surface area (Å²) in [7, 11) is 0. The van der Waals surface area contributed by atoms with Gasteiger partial charge in [-0.05, 0) is 0 Å². The Hall–Kier alpha value is 0.494. The first kappa shape index (κ1) is 12.2. The van der Waals surface area contributed by atoms with Crippen LogP contribution in [0.4, 0.5) is 0 Å². The molecule has 0 saturated heterocycles. The van der Waals surface area contributed by atoms with Gasteiger partial charge in [0, 0.05) is 0 Å². The quantitative estimate of drug-likeness (QED) is 0.441. The van der Waals surface area contributed by atoms with Crippen LogP contribution in [0.5, 0.6) is 0 Å². The van der Waals surface area contributed by atoms with Gasteiger partial charge in [-0.1, -0.05) is 52.4 Å². The zero-order valence-electron chi connectivity index (χ0n) is 6.56. The molecule has 0 aromatic heterocycles. The number of unbranched alkanes of at least 4 members (excludes halogenated alkanes) is 5. The Kier molecular flexibility index (Phi) is 15.3. The maximum Gasteiger partial charge on any atom is 2.00 e. The van der Waals surface area contributed by atoms with E-state index in [1.54, 1.807) is 0 Å². The normalized spacial score (nSPS) is 8.67. The monoisotopic (exact) mass is 172 g/mol. The molecule has 58 valence electrons. The van der Waals surface area contributed by atoms with E-state index in [0.717, 1.165) is 0 Å². The fourth-order valence-electron chi connectivity index (χ4n) is 0.854. The Morgan fingerprint density at radius 1 is 0.667 bits per heavy atom. The summed E-state index contributed by atoms with van der Waals surface area (Å²) in [5, 5.41) is 0. The van der Waals surface area contributed by atoms with Gasteiger partial charge in [-0.25, -0.2) is 0 Å². The van der Waals surface area contributed by atoms with Crippen LogP contribution in [0.2, 0.25) is 0 Å². The molecule has 0 atom stereocenters. The van der Waals surface area contributed by atoms with E-state index in [9.17, 15) is 0 Å². The van der Waals surface area contributed by atoms with Gasteiger partial charge in [0.2, 0.25) is 0 Å². The molecule has 0 nitrogen and oxygen atoms in total. The van der Waals surface area contributed by atoms with Crippen molar-refractivity contribution in [2.75, 3.05) is 0 Å². The van der Waals surface area contributed by atoms with Crippen LogP contribution in [0, 0.1) is 0 Å². The summed E-state index contributed by atoms with van der Waals surface area (Å²) >= 11 is 0. The van der Waals surface area contributed by atoms with Crippen LogP contribution in [0.3, 0.4) is 0 Å². The summed E-state index contributed by atoms with van der Waals surface area (Å²) in [5.74, 6) is 0. The number of hydrogen-bond acceptors (Lipinski definition) is 0. The maximum atomic E-state index is 2.26. The molecule has 0 aliphatic carbocycles. The van der Waals surface area contributed by atoms with Crippen molar-refractivity contribution in [1.29, 1.82) is 0 Å². The van der Waals surface area contributed by atoms with Crippen LogP contribution in [0.25, 0.3) is 0 Å². The molecule has 0 amide bonds. The Bertz CT molecular complexity index is 29.5. The smallest absolute Gasteiger partial charge is 0.0654 e. The minimum Gasteiger partial charge on any atom is -0.0654 e. The molecule has 0 rings (SSSR count). The molecule has 0 radical (unpaired) electrons. The van der Waals surface area contributed by atoms with Crippen molar-refractivity contribution in [1.82, 2.24) is 0 Å². The van der Waals surface area contributed by atoms with Crippen molar-refractivity contribution in [3.8, 4) is 0 Å². The fourth-order valence-corrected chi connectivity index (χ4v) is 0.854. The van der Waals surface area contributed by atoms with Gasteiger partial charge in [0.25, 0.3) is 0 Å². The molecule has 9 heavy (non-hydrogen) atoms. The first-order valence-electron chi connectivity index (χ1n) is 3.91. The average molecular weight is 173 g/mol. The third kappa shape index (κ3) is 11.9. The summed E-state index contributed by atoms with van der Waals surface area (Å²) in [5.41, 5.74) is 0. The van der Waals surface area contributed by atoms with Crippen LogP contribution in [-0.2, 0) is 16.5 Å². The summed E-state index contributed by atoms with van der Waals surface area (Å²) in [6.45, 7) is 4.51. The molecule has 0 unspecified atom stereocenters. The molecule has 0 bridgehead atoms. The van der Waals surface area contributed by atoms with Gasteiger partial charge in [0.15, 0.2) is 0 Å². The van der Waals surface area contributed by atoms with Crippen molar-refractivity contribution in [3.05, 3.63) is 0 Å². The van der Waals surface area contributed by atoms with E-state index in [1.165, 1.54) is 38.5 Å². The van der Waals surface area contributed by atoms with Gasteiger partial charge in [0.05, 0.1) is 0 Å². The molecule has 0 N–H and O–H groups in total. The van der Waals surface area contributed by atoms with Crippen molar-refractivity contribution < 1.29 is 16.5 Å². The molecule has 0 saturated carbocycles. The van der Waals surface area contributed by atoms with E-state index in [1.807, 2.05) is 0 Å². The van der Waals surface area contributed by atoms with E-state index in [4.69, 9.17) is 0 Å². The maximum absolute atomic E-state index is 2.26. The SMILES string of the molecule is CCCCCCCC.[Ni+2]. The van der Waals surface area contributed by atoms with Gasteiger partial charge >= 0.3 is 16.5 Å². The van der Waals surface area contributed by atoms with E-state index in [0.29, 0.717) is 0 Å². The summed E-state index contributed by atoms with van der Waals surface area (Å²) < 4.78 is 0. The molecular weight excluding hydrogens is 155 g/mol. The van der Waals surface area contributed by atoms with Crippen molar-refractivity contribution >= 4 is 0 Å². The summed E-state index contributed by atoms with van der Waals surface area (Å²) in [6, 6.07) is 0. The zero-order chi connectivity index (χ0) is 6.24. The predicted molar refractivity (Wildman–Crippen MR) is 39.0 cm³/mol. The molecule has 0 aliphatic rings. The minimum atomic E-state index is 0. The molecule has 1 heteroatoms. The molecular formula is C8H18Ni+2. The van der Waals surface area contributed by atoms with Crippen LogP contribution in [0.15, 0.2) is 0 Å². The molecule has 0 heterocycles. The third-order valence-corrected chi connectivity index (χ3v) is 1.46. The minimum absolute atomic E-state index is 0. The summed E-state index contributed by atoms with van der Waals surface area (Å²) in [6.07, 6.45) is 8.49. The van der Waals surface area contributed by atoms with Gasteiger partial charge in [-0.3, -0.25) is 0 Å². The number of rotatable bonds is 5. The number of hydrogen-bond donors (Lipinski definition) is 0. The Labute approximate surface area is 69.3 Å². The Morgan fingerprint density at radius 3 is 1.22 bits per heavy atom. The standard InChI is InChI=1S/C8H18.Ni/c1-3-5-7-8-6-4-2;/h3-8H2,1-2H3;/q;+2. The second-order valence-electron chi connectivity index (χ2n) is 2.41. The predicted octanol–water partition coefficient (Wildman–Crippen LogP) is 3.36. The van der Waals surface area contributed by atoms with Gasteiger partial charge in [-0.2, -0.15) is 0 Å². The first-order chi connectivity index (χ1) is 3.91. The Morgan fingerprint density at radius 2 is 1.00 bits per heavy atom. The average Bonchev–Trinajstić information content (AvgIpc) is 1.81. The van der Waals surface area contributed by atoms with Gasteiger partial charge in [0.1, 0.15) is 0 Å². The second-order valence-corrected chi connectivity index (χ2v) is 2.41. The van der Waals surface area contributed by atoms with Crippen molar-refractivity contribution in [3.63, 3.8) is 0 Å². The topological polar surface area (TPSA) is 0 Å². The molecule has 0 spiro atoms. The van der Waals surface area contributed by atoms with Crippen LogP contribution < -0.4 is 0 Å². The second kappa shape index (κ2) is 11.3. The summed E-state index contributed by atoms with van der Waals surface area (Å²) in [4.78, 5) is 0. The fraction of sp³-hybridized carbons (Fsp3) is 1.00. The van der Waals surface area contributed by atoms with E-state index in [-0.39, 0.29) is 16.5 Å². The zero-order valence-corrected chi connectivity index (χ0v) is 7.55. The van der Waals surface area contributed by atoms with E-state index >= 15 is 0 Å². The van der Waals surface area contributed by atoms with E-state index < -0.39 is 0 Å². The first-order valence-corrected chi connectivity index (χ1v) is 3.91. The molecule has 0 aromatic carbocycles. The van der Waals surface area contributed by atoms with Crippen LogP contribution in [0.1, 0.15) is 52.4 Å². The molecule has 0 aromatic rings. The molecule has 0 fully saturated rings. The van der Waals surface area contributed by atoms with E-state index in [2.05, 4.69) is 13.8 Å². The largest absolute Gasteiger partial charge is 2.00 e. The van der Waals surface area contributed by atoms with Gasteiger partial charge in [-0.15, -0.1) is 0 Å². The molecule has 0 aliphatic heterocycles. The van der Waals surface area contributed by atoms with Crippen LogP contribution >= 0.6 is 0 Å². The van der Waals surface area contributed by atoms with Gasteiger partial charge < -0.3 is 0 Å². The van der Waals surface area contributed by atoms with Crippen molar-refractivity contribution in [2.24, 2.45) is 0 Å².